The predicted octanol–water partition coefficient (Wildman–Crippen LogP) is 5.17. The lowest BCUT2D eigenvalue weighted by molar-refractivity contribution is -0.000392. The molecule has 34 heavy (non-hydrogen) atoms. The standard InChI is InChI=1S/C29H32N2O3/c32-28-30-22-29(34-28)15-17-31(18-16-29)20-26(19-23-7-3-1-4-8-23)25-11-13-27(14-12-25)33-21-24-9-5-2-6-10-24/h1-14,26H,15-22H2,(H,30,32). The molecule has 2 fully saturated rings. The van der Waals surface area contributed by atoms with Crippen molar-refractivity contribution < 1.29 is 14.3 Å². The molecular weight excluding hydrogens is 424 g/mol. The van der Waals surface area contributed by atoms with Gasteiger partial charge in [0.25, 0.3) is 0 Å². The van der Waals surface area contributed by atoms with Gasteiger partial charge in [-0.1, -0.05) is 72.8 Å². The Kier molecular flexibility index (Phi) is 6.82. The minimum atomic E-state index is -0.305. The van der Waals surface area contributed by atoms with Crippen molar-refractivity contribution in [2.45, 2.75) is 37.4 Å². The molecule has 2 aliphatic rings. The van der Waals surface area contributed by atoms with Crippen molar-refractivity contribution in [3.63, 3.8) is 0 Å². The first kappa shape index (κ1) is 22.5. The van der Waals surface area contributed by atoms with Gasteiger partial charge in [-0.3, -0.25) is 0 Å². The van der Waals surface area contributed by atoms with Crippen LogP contribution in [0.5, 0.6) is 5.75 Å². The number of ether oxygens (including phenoxy) is 2. The van der Waals surface area contributed by atoms with E-state index in [2.05, 4.69) is 76.9 Å². The van der Waals surface area contributed by atoms with Crippen LogP contribution < -0.4 is 10.1 Å². The molecule has 0 aromatic heterocycles. The fourth-order valence-electron chi connectivity index (χ4n) is 5.00. The van der Waals surface area contributed by atoms with Gasteiger partial charge in [-0.2, -0.15) is 0 Å². The molecule has 3 aromatic rings. The highest BCUT2D eigenvalue weighted by atomic mass is 16.6. The molecule has 3 aromatic carbocycles. The molecule has 0 bridgehead atoms. The van der Waals surface area contributed by atoms with Crippen LogP contribution in [0.2, 0.25) is 0 Å². The first-order chi connectivity index (χ1) is 16.7. The topological polar surface area (TPSA) is 50.8 Å². The van der Waals surface area contributed by atoms with Gasteiger partial charge in [0.15, 0.2) is 0 Å². The molecule has 0 aliphatic carbocycles. The van der Waals surface area contributed by atoms with Gasteiger partial charge in [-0.15, -0.1) is 0 Å². The molecule has 5 heteroatoms. The minimum Gasteiger partial charge on any atom is -0.489 e. The SMILES string of the molecule is O=C1NCC2(CCN(CC(Cc3ccccc3)c3ccc(OCc4ccccc4)cc3)CC2)O1. The molecule has 0 saturated carbocycles. The molecule has 2 saturated heterocycles. The smallest absolute Gasteiger partial charge is 0.407 e. The third-order valence-electron chi connectivity index (χ3n) is 7.03. The summed E-state index contributed by atoms with van der Waals surface area (Å²) >= 11 is 0. The second kappa shape index (κ2) is 10.3. The Morgan fingerprint density at radius 1 is 0.882 bits per heavy atom. The zero-order valence-electron chi connectivity index (χ0n) is 19.5. The average molecular weight is 457 g/mol. The second-order valence-electron chi connectivity index (χ2n) is 9.46. The summed E-state index contributed by atoms with van der Waals surface area (Å²) < 4.78 is 11.6. The molecule has 2 heterocycles. The summed E-state index contributed by atoms with van der Waals surface area (Å²) in [5.41, 5.74) is 3.53. The van der Waals surface area contributed by atoms with Crippen LogP contribution in [-0.2, 0) is 17.8 Å². The highest BCUT2D eigenvalue weighted by Crippen LogP contribution is 2.31. The Morgan fingerprint density at radius 3 is 2.15 bits per heavy atom. The van der Waals surface area contributed by atoms with Crippen LogP contribution in [0.25, 0.3) is 0 Å². The molecule has 5 nitrogen and oxygen atoms in total. The molecule has 1 unspecified atom stereocenters. The lowest BCUT2D eigenvalue weighted by Gasteiger charge is -2.38. The van der Waals surface area contributed by atoms with E-state index in [0.29, 0.717) is 19.1 Å². The summed E-state index contributed by atoms with van der Waals surface area (Å²) in [4.78, 5) is 14.1. The Balaban J connectivity index is 1.25. The summed E-state index contributed by atoms with van der Waals surface area (Å²) in [5.74, 6) is 1.27. The molecule has 176 valence electrons. The van der Waals surface area contributed by atoms with Gasteiger partial charge in [0, 0.05) is 38.4 Å². The predicted molar refractivity (Wildman–Crippen MR) is 133 cm³/mol. The van der Waals surface area contributed by atoms with E-state index < -0.39 is 0 Å². The van der Waals surface area contributed by atoms with E-state index in [1.807, 2.05) is 18.2 Å². The number of benzene rings is 3. The van der Waals surface area contributed by atoms with Crippen molar-refractivity contribution in [2.75, 3.05) is 26.2 Å². The molecule has 1 amide bonds. The number of carbonyl (C=O) groups is 1. The van der Waals surface area contributed by atoms with Gasteiger partial charge in [-0.05, 0) is 35.2 Å². The van der Waals surface area contributed by atoms with Crippen molar-refractivity contribution in [2.24, 2.45) is 0 Å². The summed E-state index contributed by atoms with van der Waals surface area (Å²) in [6.45, 7) is 4.08. The fraction of sp³-hybridized carbons (Fsp3) is 0.345. The van der Waals surface area contributed by atoms with Crippen LogP contribution >= 0.6 is 0 Å². The van der Waals surface area contributed by atoms with Gasteiger partial charge in [-0.25, -0.2) is 4.79 Å². The highest BCUT2D eigenvalue weighted by Gasteiger charge is 2.43. The minimum absolute atomic E-state index is 0.273. The number of hydrogen-bond acceptors (Lipinski definition) is 4. The first-order valence-electron chi connectivity index (χ1n) is 12.2. The van der Waals surface area contributed by atoms with Crippen LogP contribution in [0.3, 0.4) is 0 Å². The average Bonchev–Trinajstić information content (AvgIpc) is 3.25. The fourth-order valence-corrected chi connectivity index (χ4v) is 5.00. The first-order valence-corrected chi connectivity index (χ1v) is 12.2. The molecular formula is C29H32N2O3. The third kappa shape index (κ3) is 5.60. The lowest BCUT2D eigenvalue weighted by Crippen LogP contribution is -2.47. The number of alkyl carbamates (subject to hydrolysis) is 1. The van der Waals surface area contributed by atoms with Crippen molar-refractivity contribution >= 4 is 6.09 Å². The zero-order valence-corrected chi connectivity index (χ0v) is 19.5. The van der Waals surface area contributed by atoms with Gasteiger partial charge in [0.1, 0.15) is 18.0 Å². The normalized spacial score (nSPS) is 18.3. The van der Waals surface area contributed by atoms with E-state index in [9.17, 15) is 4.79 Å². The number of nitrogens with zero attached hydrogens (tertiary/aromatic N) is 1. The van der Waals surface area contributed by atoms with E-state index in [1.54, 1.807) is 0 Å². The van der Waals surface area contributed by atoms with Crippen LogP contribution in [0, 0.1) is 0 Å². The zero-order chi connectivity index (χ0) is 23.2. The van der Waals surface area contributed by atoms with Gasteiger partial charge in [0.05, 0.1) is 6.54 Å². The Bertz CT molecular complexity index is 1060. The van der Waals surface area contributed by atoms with Crippen molar-refractivity contribution in [3.05, 3.63) is 102 Å². The number of likely N-dealkylation sites (tertiary alicyclic amines) is 1. The maximum absolute atomic E-state index is 11.6. The van der Waals surface area contributed by atoms with Crippen LogP contribution in [0.4, 0.5) is 4.79 Å². The molecule has 0 radical (unpaired) electrons. The van der Waals surface area contributed by atoms with Crippen LogP contribution in [0.15, 0.2) is 84.9 Å². The number of amides is 1. The van der Waals surface area contributed by atoms with Crippen molar-refractivity contribution in [1.29, 1.82) is 0 Å². The van der Waals surface area contributed by atoms with E-state index in [0.717, 1.165) is 44.6 Å². The van der Waals surface area contributed by atoms with Crippen molar-refractivity contribution in [1.82, 2.24) is 10.2 Å². The molecule has 1 spiro atoms. The maximum atomic E-state index is 11.6. The number of rotatable bonds is 8. The molecule has 2 aliphatic heterocycles. The van der Waals surface area contributed by atoms with E-state index in [1.165, 1.54) is 16.7 Å². The summed E-state index contributed by atoms with van der Waals surface area (Å²) in [7, 11) is 0. The number of piperidine rings is 1. The quantitative estimate of drug-likeness (QED) is 0.508. The Hall–Kier alpha value is -3.31. The molecule has 5 rings (SSSR count). The Labute approximate surface area is 201 Å². The molecule has 1 atom stereocenters. The maximum Gasteiger partial charge on any atom is 0.407 e. The molecule has 1 N–H and O–H groups in total. The lowest BCUT2D eigenvalue weighted by atomic mass is 9.88. The van der Waals surface area contributed by atoms with E-state index in [4.69, 9.17) is 9.47 Å². The van der Waals surface area contributed by atoms with Crippen LogP contribution in [0.1, 0.15) is 35.4 Å². The van der Waals surface area contributed by atoms with E-state index in [-0.39, 0.29) is 11.7 Å². The van der Waals surface area contributed by atoms with Gasteiger partial charge < -0.3 is 19.7 Å². The van der Waals surface area contributed by atoms with Crippen molar-refractivity contribution in [3.8, 4) is 5.75 Å². The highest BCUT2D eigenvalue weighted by molar-refractivity contribution is 5.70. The number of carbonyl (C=O) groups excluding carboxylic acids is 1. The number of hydrogen-bond donors (Lipinski definition) is 1. The summed E-state index contributed by atoms with van der Waals surface area (Å²) in [5, 5.41) is 2.83. The van der Waals surface area contributed by atoms with Gasteiger partial charge >= 0.3 is 6.09 Å². The second-order valence-corrected chi connectivity index (χ2v) is 9.46. The van der Waals surface area contributed by atoms with Crippen LogP contribution in [-0.4, -0.2) is 42.8 Å². The van der Waals surface area contributed by atoms with E-state index >= 15 is 0 Å². The van der Waals surface area contributed by atoms with Gasteiger partial charge in [0.2, 0.25) is 0 Å². The number of nitrogens with one attached hydrogen (secondary N) is 1. The largest absolute Gasteiger partial charge is 0.489 e. The Morgan fingerprint density at radius 2 is 1.53 bits per heavy atom. The summed E-state index contributed by atoms with van der Waals surface area (Å²) in [6, 6.07) is 29.5. The summed E-state index contributed by atoms with van der Waals surface area (Å²) in [6.07, 6.45) is 2.49. The monoisotopic (exact) mass is 456 g/mol. The third-order valence-corrected chi connectivity index (χ3v) is 7.03.